The van der Waals surface area contributed by atoms with Crippen LogP contribution in [0.25, 0.3) is 0 Å². The first kappa shape index (κ1) is 12.6. The number of nitrogens with zero attached hydrogens (tertiary/aromatic N) is 1. The van der Waals surface area contributed by atoms with Crippen molar-refractivity contribution < 1.29 is 9.90 Å². The SMILES string of the molecule is O=C(O)C=C1CCN(C2CCCCCC2)CC1. The maximum Gasteiger partial charge on any atom is 0.328 e. The number of carboxylic acids is 1. The molecule has 2 fully saturated rings. The topological polar surface area (TPSA) is 40.5 Å². The van der Waals surface area contributed by atoms with Crippen molar-refractivity contribution >= 4 is 5.97 Å². The van der Waals surface area contributed by atoms with Gasteiger partial charge in [-0.3, -0.25) is 4.90 Å². The molecule has 0 amide bonds. The zero-order valence-corrected chi connectivity index (χ0v) is 10.5. The molecular formula is C14H23NO2. The van der Waals surface area contributed by atoms with Crippen LogP contribution in [-0.4, -0.2) is 35.1 Å². The summed E-state index contributed by atoms with van der Waals surface area (Å²) in [5.74, 6) is -0.789. The maximum absolute atomic E-state index is 10.6. The summed E-state index contributed by atoms with van der Waals surface area (Å²) in [5.41, 5.74) is 1.11. The lowest BCUT2D eigenvalue weighted by Gasteiger charge is -2.35. The average molecular weight is 237 g/mol. The Hall–Kier alpha value is -0.830. The van der Waals surface area contributed by atoms with Crippen molar-refractivity contribution in [3.63, 3.8) is 0 Å². The van der Waals surface area contributed by atoms with Crippen LogP contribution >= 0.6 is 0 Å². The molecule has 3 nitrogen and oxygen atoms in total. The van der Waals surface area contributed by atoms with Gasteiger partial charge in [-0.05, 0) is 25.7 Å². The number of carboxylic acid groups (broad SMARTS) is 1. The minimum Gasteiger partial charge on any atom is -0.478 e. The second kappa shape index (κ2) is 6.20. The number of hydrogen-bond acceptors (Lipinski definition) is 2. The Morgan fingerprint density at radius 1 is 1.12 bits per heavy atom. The Morgan fingerprint density at radius 3 is 2.24 bits per heavy atom. The van der Waals surface area contributed by atoms with Gasteiger partial charge < -0.3 is 5.11 Å². The predicted octanol–water partition coefficient (Wildman–Crippen LogP) is 2.82. The summed E-state index contributed by atoms with van der Waals surface area (Å²) in [4.78, 5) is 13.2. The summed E-state index contributed by atoms with van der Waals surface area (Å²) in [7, 11) is 0. The molecule has 1 saturated carbocycles. The fourth-order valence-corrected chi connectivity index (χ4v) is 3.12. The average Bonchev–Trinajstić information content (AvgIpc) is 2.58. The van der Waals surface area contributed by atoms with Gasteiger partial charge in [-0.15, -0.1) is 0 Å². The lowest BCUT2D eigenvalue weighted by molar-refractivity contribution is -0.131. The van der Waals surface area contributed by atoms with E-state index in [1.807, 2.05) is 0 Å². The molecule has 17 heavy (non-hydrogen) atoms. The second-order valence-electron chi connectivity index (χ2n) is 5.32. The van der Waals surface area contributed by atoms with E-state index in [0.29, 0.717) is 0 Å². The highest BCUT2D eigenvalue weighted by molar-refractivity contribution is 5.80. The molecule has 1 N–H and O–H groups in total. The number of carbonyl (C=O) groups is 1. The van der Waals surface area contributed by atoms with Crippen molar-refractivity contribution in [2.75, 3.05) is 13.1 Å². The normalized spacial score (nSPS) is 24.4. The molecular weight excluding hydrogens is 214 g/mol. The van der Waals surface area contributed by atoms with Crippen molar-refractivity contribution in [1.29, 1.82) is 0 Å². The Morgan fingerprint density at radius 2 is 1.71 bits per heavy atom. The number of rotatable bonds is 2. The Labute approximate surface area is 103 Å². The molecule has 0 bridgehead atoms. The molecule has 0 atom stereocenters. The first-order chi connectivity index (χ1) is 8.25. The van der Waals surface area contributed by atoms with Gasteiger partial charge in [0.2, 0.25) is 0 Å². The van der Waals surface area contributed by atoms with Gasteiger partial charge in [0.25, 0.3) is 0 Å². The Kier molecular flexibility index (Phi) is 4.60. The van der Waals surface area contributed by atoms with Crippen LogP contribution in [0.4, 0.5) is 0 Å². The molecule has 96 valence electrons. The van der Waals surface area contributed by atoms with E-state index in [2.05, 4.69) is 4.90 Å². The molecule has 0 spiro atoms. The first-order valence-corrected chi connectivity index (χ1v) is 6.92. The lowest BCUT2D eigenvalue weighted by Crippen LogP contribution is -2.39. The maximum atomic E-state index is 10.6. The van der Waals surface area contributed by atoms with Crippen molar-refractivity contribution in [2.24, 2.45) is 0 Å². The molecule has 1 aliphatic carbocycles. The summed E-state index contributed by atoms with van der Waals surface area (Å²) in [6.45, 7) is 2.12. The third-order valence-electron chi connectivity index (χ3n) is 4.11. The van der Waals surface area contributed by atoms with E-state index in [0.717, 1.165) is 37.5 Å². The summed E-state index contributed by atoms with van der Waals surface area (Å²) in [5, 5.41) is 8.73. The molecule has 0 radical (unpaired) electrons. The molecule has 3 heteroatoms. The fourth-order valence-electron chi connectivity index (χ4n) is 3.12. The van der Waals surface area contributed by atoms with Crippen LogP contribution in [-0.2, 0) is 4.79 Å². The van der Waals surface area contributed by atoms with Crippen molar-refractivity contribution in [2.45, 2.75) is 57.4 Å². The second-order valence-corrected chi connectivity index (χ2v) is 5.32. The molecule has 0 aromatic carbocycles. The third kappa shape index (κ3) is 3.84. The Bertz CT molecular complexity index is 281. The quantitative estimate of drug-likeness (QED) is 0.593. The molecule has 1 aliphatic heterocycles. The third-order valence-corrected chi connectivity index (χ3v) is 4.11. The highest BCUT2D eigenvalue weighted by Crippen LogP contribution is 2.26. The molecule has 2 rings (SSSR count). The van der Waals surface area contributed by atoms with Crippen LogP contribution < -0.4 is 0 Å². The van der Waals surface area contributed by atoms with Crippen LogP contribution in [0.1, 0.15) is 51.4 Å². The van der Waals surface area contributed by atoms with Crippen LogP contribution in [0.3, 0.4) is 0 Å². The monoisotopic (exact) mass is 237 g/mol. The smallest absolute Gasteiger partial charge is 0.328 e. The summed E-state index contributed by atoms with van der Waals surface area (Å²) in [6, 6.07) is 0.767. The highest BCUT2D eigenvalue weighted by atomic mass is 16.4. The molecule has 1 saturated heterocycles. The van der Waals surface area contributed by atoms with E-state index in [1.165, 1.54) is 44.6 Å². The predicted molar refractivity (Wildman–Crippen MR) is 68.0 cm³/mol. The number of hydrogen-bond donors (Lipinski definition) is 1. The lowest BCUT2D eigenvalue weighted by atomic mass is 9.99. The zero-order valence-electron chi connectivity index (χ0n) is 10.5. The van der Waals surface area contributed by atoms with Crippen molar-refractivity contribution in [3.05, 3.63) is 11.6 Å². The standard InChI is InChI=1S/C14H23NO2/c16-14(17)11-12-7-9-15(10-8-12)13-5-3-1-2-4-6-13/h11,13H,1-10H2,(H,16,17). The van der Waals surface area contributed by atoms with Gasteiger partial charge in [0, 0.05) is 25.2 Å². The van der Waals surface area contributed by atoms with Crippen LogP contribution in [0.15, 0.2) is 11.6 Å². The molecule has 2 aliphatic rings. The number of aliphatic carboxylic acids is 1. The van der Waals surface area contributed by atoms with Gasteiger partial charge in [0.05, 0.1) is 0 Å². The van der Waals surface area contributed by atoms with E-state index in [9.17, 15) is 4.79 Å². The van der Waals surface area contributed by atoms with E-state index < -0.39 is 5.97 Å². The van der Waals surface area contributed by atoms with E-state index >= 15 is 0 Å². The van der Waals surface area contributed by atoms with E-state index in [1.54, 1.807) is 0 Å². The van der Waals surface area contributed by atoms with Gasteiger partial charge in [0.15, 0.2) is 0 Å². The molecule has 1 heterocycles. The van der Waals surface area contributed by atoms with E-state index in [-0.39, 0.29) is 0 Å². The minimum absolute atomic E-state index is 0.767. The minimum atomic E-state index is -0.789. The zero-order chi connectivity index (χ0) is 12.1. The fraction of sp³-hybridized carbons (Fsp3) is 0.786. The largest absolute Gasteiger partial charge is 0.478 e. The van der Waals surface area contributed by atoms with Gasteiger partial charge >= 0.3 is 5.97 Å². The molecule has 0 aromatic rings. The first-order valence-electron chi connectivity index (χ1n) is 6.92. The summed E-state index contributed by atoms with van der Waals surface area (Å²) < 4.78 is 0. The number of likely N-dealkylation sites (tertiary alicyclic amines) is 1. The molecule has 0 aromatic heterocycles. The van der Waals surface area contributed by atoms with Crippen LogP contribution in [0.2, 0.25) is 0 Å². The molecule has 0 unspecified atom stereocenters. The van der Waals surface area contributed by atoms with E-state index in [4.69, 9.17) is 5.11 Å². The Balaban J connectivity index is 1.83. The number of piperidine rings is 1. The van der Waals surface area contributed by atoms with Crippen molar-refractivity contribution in [1.82, 2.24) is 4.90 Å². The van der Waals surface area contributed by atoms with Crippen LogP contribution in [0.5, 0.6) is 0 Å². The summed E-state index contributed by atoms with van der Waals surface area (Å²) in [6.07, 6.45) is 11.5. The van der Waals surface area contributed by atoms with Crippen molar-refractivity contribution in [3.8, 4) is 0 Å². The van der Waals surface area contributed by atoms with Gasteiger partial charge in [-0.1, -0.05) is 31.3 Å². The van der Waals surface area contributed by atoms with Gasteiger partial charge in [0.1, 0.15) is 0 Å². The highest BCUT2D eigenvalue weighted by Gasteiger charge is 2.23. The van der Waals surface area contributed by atoms with Gasteiger partial charge in [-0.2, -0.15) is 0 Å². The van der Waals surface area contributed by atoms with Crippen LogP contribution in [0, 0.1) is 0 Å². The van der Waals surface area contributed by atoms with Gasteiger partial charge in [-0.25, -0.2) is 4.79 Å². The summed E-state index contributed by atoms with van der Waals surface area (Å²) >= 11 is 0.